The molecule has 1 aliphatic heterocycles. The Kier molecular flexibility index (Phi) is 4.82. The Morgan fingerprint density at radius 2 is 1.91 bits per heavy atom. The first-order chi connectivity index (χ1) is 10.8. The van der Waals surface area contributed by atoms with Gasteiger partial charge in [-0.3, -0.25) is 9.69 Å². The molecule has 0 aliphatic carbocycles. The Bertz CT molecular complexity index is 621. The molecule has 22 heavy (non-hydrogen) atoms. The van der Waals surface area contributed by atoms with Crippen LogP contribution in [0.3, 0.4) is 0 Å². The molecular formula is C16H19N3O2S. The van der Waals surface area contributed by atoms with E-state index in [1.807, 2.05) is 35.2 Å². The van der Waals surface area contributed by atoms with Crippen molar-refractivity contribution in [2.75, 3.05) is 39.3 Å². The molecule has 0 saturated carbocycles. The fraction of sp³-hybridized carbons (Fsp3) is 0.375. The number of hydrogen-bond acceptors (Lipinski definition) is 5. The number of nitrogens with zero attached hydrogens (tertiary/aromatic N) is 3. The second-order valence-electron chi connectivity index (χ2n) is 5.25. The number of carbonyl (C=O) groups is 1. The smallest absolute Gasteiger partial charge is 0.265 e. The van der Waals surface area contributed by atoms with Gasteiger partial charge in [-0.1, -0.05) is 30.3 Å². The normalized spacial score (nSPS) is 16.0. The van der Waals surface area contributed by atoms with Crippen molar-refractivity contribution < 1.29 is 9.90 Å². The van der Waals surface area contributed by atoms with Crippen LogP contribution in [-0.2, 0) is 0 Å². The highest BCUT2D eigenvalue weighted by atomic mass is 32.1. The van der Waals surface area contributed by atoms with Crippen LogP contribution in [0.5, 0.6) is 0 Å². The number of carbonyl (C=O) groups excluding carboxylic acids is 1. The van der Waals surface area contributed by atoms with Crippen LogP contribution < -0.4 is 0 Å². The maximum atomic E-state index is 12.5. The molecule has 1 fully saturated rings. The van der Waals surface area contributed by atoms with Crippen molar-refractivity contribution in [2.45, 2.75) is 0 Å². The zero-order chi connectivity index (χ0) is 15.4. The van der Waals surface area contributed by atoms with Gasteiger partial charge < -0.3 is 10.0 Å². The van der Waals surface area contributed by atoms with Crippen molar-refractivity contribution in [2.24, 2.45) is 0 Å². The summed E-state index contributed by atoms with van der Waals surface area (Å²) in [5.41, 5.74) is 1.04. The van der Waals surface area contributed by atoms with E-state index in [1.165, 1.54) is 11.3 Å². The summed E-state index contributed by atoms with van der Waals surface area (Å²) in [6.45, 7) is 3.89. The number of rotatable bonds is 4. The van der Waals surface area contributed by atoms with Gasteiger partial charge in [-0.05, 0) is 0 Å². The van der Waals surface area contributed by atoms with Gasteiger partial charge in [0, 0.05) is 38.3 Å². The van der Waals surface area contributed by atoms with Gasteiger partial charge in [0.1, 0.15) is 9.88 Å². The summed E-state index contributed by atoms with van der Waals surface area (Å²) in [5.74, 6) is 0.0586. The number of β-amino-alcohol motifs (C(OH)–C–C–N with tert-alkyl or cyclic N) is 1. The topological polar surface area (TPSA) is 56.7 Å². The molecule has 1 aromatic heterocycles. The number of amides is 1. The van der Waals surface area contributed by atoms with Crippen LogP contribution >= 0.6 is 11.3 Å². The van der Waals surface area contributed by atoms with Crippen molar-refractivity contribution in [3.8, 4) is 10.6 Å². The molecule has 1 aromatic carbocycles. The summed E-state index contributed by atoms with van der Waals surface area (Å²) in [6.07, 6.45) is 1.68. The average Bonchev–Trinajstić information content (AvgIpc) is 3.06. The van der Waals surface area contributed by atoms with Crippen LogP contribution in [0.15, 0.2) is 36.5 Å². The number of benzene rings is 1. The zero-order valence-corrected chi connectivity index (χ0v) is 13.1. The maximum Gasteiger partial charge on any atom is 0.265 e. The van der Waals surface area contributed by atoms with Crippen molar-refractivity contribution in [3.05, 3.63) is 41.4 Å². The minimum Gasteiger partial charge on any atom is -0.395 e. The monoisotopic (exact) mass is 317 g/mol. The number of thiazole rings is 1. The van der Waals surface area contributed by atoms with E-state index in [0.29, 0.717) is 24.5 Å². The number of hydrogen-bond donors (Lipinski definition) is 1. The number of aromatic nitrogens is 1. The van der Waals surface area contributed by atoms with E-state index in [2.05, 4.69) is 9.88 Å². The maximum absolute atomic E-state index is 12.5. The van der Waals surface area contributed by atoms with E-state index < -0.39 is 0 Å². The second-order valence-corrected chi connectivity index (χ2v) is 6.28. The molecule has 1 N–H and O–H groups in total. The molecule has 1 saturated heterocycles. The molecule has 6 heteroatoms. The van der Waals surface area contributed by atoms with Gasteiger partial charge in [-0.25, -0.2) is 4.98 Å². The summed E-state index contributed by atoms with van der Waals surface area (Å²) in [7, 11) is 0. The average molecular weight is 317 g/mol. The third-order valence-electron chi connectivity index (χ3n) is 3.81. The van der Waals surface area contributed by atoms with Crippen LogP contribution in [0.25, 0.3) is 10.6 Å². The van der Waals surface area contributed by atoms with Crippen LogP contribution in [0.1, 0.15) is 9.67 Å². The Balaban J connectivity index is 1.65. The molecule has 1 aliphatic rings. The number of aliphatic hydroxyl groups excluding tert-OH is 1. The van der Waals surface area contributed by atoms with Crippen molar-refractivity contribution in [3.63, 3.8) is 0 Å². The predicted molar refractivity (Wildman–Crippen MR) is 87.0 cm³/mol. The van der Waals surface area contributed by atoms with Gasteiger partial charge in [-0.15, -0.1) is 11.3 Å². The number of aliphatic hydroxyl groups is 1. The SMILES string of the molecule is O=C(c1cnc(-c2ccccc2)s1)N1CCN(CCO)CC1. The Hall–Kier alpha value is -1.76. The van der Waals surface area contributed by atoms with Gasteiger partial charge in [0.05, 0.1) is 12.8 Å². The van der Waals surface area contributed by atoms with E-state index in [1.54, 1.807) is 6.20 Å². The lowest BCUT2D eigenvalue weighted by Gasteiger charge is -2.34. The largest absolute Gasteiger partial charge is 0.395 e. The van der Waals surface area contributed by atoms with Crippen LogP contribution in [0, 0.1) is 0 Å². The number of piperazine rings is 1. The molecule has 0 unspecified atom stereocenters. The first kappa shape index (κ1) is 15.1. The van der Waals surface area contributed by atoms with Gasteiger partial charge in [0.2, 0.25) is 0 Å². The summed E-state index contributed by atoms with van der Waals surface area (Å²) in [6, 6.07) is 9.91. The van der Waals surface area contributed by atoms with Crippen LogP contribution in [-0.4, -0.2) is 65.1 Å². The lowest BCUT2D eigenvalue weighted by Crippen LogP contribution is -2.49. The molecule has 0 radical (unpaired) electrons. The fourth-order valence-electron chi connectivity index (χ4n) is 2.56. The van der Waals surface area contributed by atoms with Gasteiger partial charge in [-0.2, -0.15) is 0 Å². The Morgan fingerprint density at radius 1 is 1.18 bits per heavy atom. The fourth-order valence-corrected chi connectivity index (χ4v) is 3.45. The summed E-state index contributed by atoms with van der Waals surface area (Å²) in [4.78, 5) is 21.6. The summed E-state index contributed by atoms with van der Waals surface area (Å²) < 4.78 is 0. The predicted octanol–water partition coefficient (Wildman–Crippen LogP) is 1.56. The first-order valence-electron chi connectivity index (χ1n) is 7.41. The third kappa shape index (κ3) is 3.35. The molecule has 116 valence electrons. The zero-order valence-electron chi connectivity index (χ0n) is 12.3. The molecule has 0 spiro atoms. The molecular weight excluding hydrogens is 298 g/mol. The summed E-state index contributed by atoms with van der Waals surface area (Å²) in [5, 5.41) is 9.83. The van der Waals surface area contributed by atoms with E-state index in [-0.39, 0.29) is 12.5 Å². The van der Waals surface area contributed by atoms with E-state index in [4.69, 9.17) is 5.11 Å². The van der Waals surface area contributed by atoms with Gasteiger partial charge >= 0.3 is 0 Å². The van der Waals surface area contributed by atoms with Crippen LogP contribution in [0.4, 0.5) is 0 Å². The molecule has 0 bridgehead atoms. The Labute approximate surface area is 133 Å². The van der Waals surface area contributed by atoms with Gasteiger partial charge in [0.25, 0.3) is 5.91 Å². The van der Waals surface area contributed by atoms with Gasteiger partial charge in [0.15, 0.2) is 0 Å². The van der Waals surface area contributed by atoms with E-state index in [0.717, 1.165) is 23.7 Å². The standard InChI is InChI=1S/C16H19N3O2S/c20-11-10-18-6-8-19(9-7-18)16(21)14-12-17-15(22-14)13-4-2-1-3-5-13/h1-5,12,20H,6-11H2. The molecule has 1 amide bonds. The van der Waals surface area contributed by atoms with E-state index >= 15 is 0 Å². The highest BCUT2D eigenvalue weighted by Crippen LogP contribution is 2.25. The molecule has 5 nitrogen and oxygen atoms in total. The second kappa shape index (κ2) is 7.00. The quantitative estimate of drug-likeness (QED) is 0.930. The minimum absolute atomic E-state index is 0.0586. The van der Waals surface area contributed by atoms with Crippen molar-refractivity contribution in [1.29, 1.82) is 0 Å². The first-order valence-corrected chi connectivity index (χ1v) is 8.23. The Morgan fingerprint density at radius 3 is 2.59 bits per heavy atom. The molecule has 2 aromatic rings. The molecule has 0 atom stereocenters. The lowest BCUT2D eigenvalue weighted by molar-refractivity contribution is 0.0619. The highest BCUT2D eigenvalue weighted by molar-refractivity contribution is 7.16. The minimum atomic E-state index is 0.0586. The third-order valence-corrected chi connectivity index (χ3v) is 4.85. The molecule has 2 heterocycles. The molecule has 3 rings (SSSR count). The van der Waals surface area contributed by atoms with Crippen molar-refractivity contribution >= 4 is 17.2 Å². The van der Waals surface area contributed by atoms with Crippen molar-refractivity contribution in [1.82, 2.24) is 14.8 Å². The highest BCUT2D eigenvalue weighted by Gasteiger charge is 2.23. The summed E-state index contributed by atoms with van der Waals surface area (Å²) >= 11 is 1.44. The van der Waals surface area contributed by atoms with E-state index in [9.17, 15) is 4.79 Å². The van der Waals surface area contributed by atoms with Crippen LogP contribution in [0.2, 0.25) is 0 Å². The lowest BCUT2D eigenvalue weighted by atomic mass is 10.2.